The van der Waals surface area contributed by atoms with Gasteiger partial charge in [0.05, 0.1) is 12.8 Å². The monoisotopic (exact) mass is 193 g/mol. The van der Waals surface area contributed by atoms with Crippen LogP contribution in [0.15, 0.2) is 29.6 Å². The Kier molecular flexibility index (Phi) is 4.13. The Morgan fingerprint density at radius 1 is 1.64 bits per heavy atom. The molecule has 1 rings (SSSR count). The van der Waals surface area contributed by atoms with E-state index in [9.17, 15) is 4.79 Å². The first-order chi connectivity index (χ1) is 6.83. The van der Waals surface area contributed by atoms with Crippen molar-refractivity contribution in [2.45, 2.75) is 6.92 Å². The molecule has 1 amide bonds. The van der Waals surface area contributed by atoms with Gasteiger partial charge in [-0.3, -0.25) is 4.98 Å². The van der Waals surface area contributed by atoms with Crippen molar-refractivity contribution in [1.29, 1.82) is 0 Å². The highest BCUT2D eigenvalue weighted by molar-refractivity contribution is 5.80. The van der Waals surface area contributed by atoms with E-state index in [0.29, 0.717) is 6.61 Å². The Labute approximate surface area is 81.8 Å². The molecule has 5 heteroatoms. The van der Waals surface area contributed by atoms with Gasteiger partial charge in [0.25, 0.3) is 0 Å². The zero-order valence-corrected chi connectivity index (χ0v) is 7.80. The van der Waals surface area contributed by atoms with Gasteiger partial charge in [-0.25, -0.2) is 10.2 Å². The topological polar surface area (TPSA) is 63.6 Å². The quantitative estimate of drug-likeness (QED) is 0.578. The van der Waals surface area contributed by atoms with E-state index in [1.165, 1.54) is 6.21 Å². The fraction of sp³-hybridized carbons (Fsp3) is 0.222. The van der Waals surface area contributed by atoms with Crippen molar-refractivity contribution in [3.8, 4) is 0 Å². The number of amides is 1. The number of carbonyl (C=O) groups excluding carboxylic acids is 1. The molecule has 0 aliphatic heterocycles. The Morgan fingerprint density at radius 3 is 3.00 bits per heavy atom. The van der Waals surface area contributed by atoms with E-state index in [2.05, 4.69) is 20.2 Å². The summed E-state index contributed by atoms with van der Waals surface area (Å²) in [4.78, 5) is 14.6. The molecule has 0 saturated heterocycles. The van der Waals surface area contributed by atoms with Crippen LogP contribution >= 0.6 is 0 Å². The minimum Gasteiger partial charge on any atom is -0.449 e. The van der Waals surface area contributed by atoms with Gasteiger partial charge < -0.3 is 4.74 Å². The number of nitrogens with one attached hydrogen (secondary N) is 1. The van der Waals surface area contributed by atoms with Crippen LogP contribution in [0.2, 0.25) is 0 Å². The van der Waals surface area contributed by atoms with Crippen LogP contribution in [0.1, 0.15) is 12.5 Å². The predicted molar refractivity (Wildman–Crippen MR) is 52.0 cm³/mol. The summed E-state index contributed by atoms with van der Waals surface area (Å²) < 4.78 is 4.60. The number of hydrazone groups is 1. The average Bonchev–Trinajstić information content (AvgIpc) is 2.20. The molecular formula is C9H11N3O2. The average molecular weight is 193 g/mol. The first-order valence-corrected chi connectivity index (χ1v) is 4.18. The molecule has 5 nitrogen and oxygen atoms in total. The SMILES string of the molecule is CCOC(=O)NN=Cc1ccncc1. The first kappa shape index (κ1) is 10.2. The lowest BCUT2D eigenvalue weighted by atomic mass is 10.3. The highest BCUT2D eigenvalue weighted by Gasteiger charge is 1.94. The van der Waals surface area contributed by atoms with Crippen LogP contribution in [-0.2, 0) is 4.74 Å². The maximum Gasteiger partial charge on any atom is 0.427 e. The van der Waals surface area contributed by atoms with Gasteiger partial charge in [0.1, 0.15) is 0 Å². The number of hydrogen-bond acceptors (Lipinski definition) is 4. The number of pyridine rings is 1. The molecule has 74 valence electrons. The van der Waals surface area contributed by atoms with Crippen LogP contribution in [-0.4, -0.2) is 23.9 Å². The van der Waals surface area contributed by atoms with E-state index in [-0.39, 0.29) is 0 Å². The molecule has 0 aliphatic carbocycles. The van der Waals surface area contributed by atoms with Gasteiger partial charge in [-0.1, -0.05) is 0 Å². The molecule has 0 aliphatic rings. The van der Waals surface area contributed by atoms with Crippen molar-refractivity contribution in [2.75, 3.05) is 6.61 Å². The minimum atomic E-state index is -0.558. The lowest BCUT2D eigenvalue weighted by Crippen LogP contribution is -2.18. The molecule has 1 N–H and O–H groups in total. The number of aromatic nitrogens is 1. The van der Waals surface area contributed by atoms with Gasteiger partial charge in [-0.15, -0.1) is 0 Å². The van der Waals surface area contributed by atoms with Crippen LogP contribution < -0.4 is 5.43 Å². The van der Waals surface area contributed by atoms with E-state index in [1.54, 1.807) is 31.5 Å². The van der Waals surface area contributed by atoms with E-state index in [1.807, 2.05) is 0 Å². The number of hydrogen-bond donors (Lipinski definition) is 1. The van der Waals surface area contributed by atoms with Crippen LogP contribution in [0, 0.1) is 0 Å². The third-order valence-corrected chi connectivity index (χ3v) is 1.35. The molecule has 0 unspecified atom stereocenters. The van der Waals surface area contributed by atoms with Crippen LogP contribution in [0.4, 0.5) is 4.79 Å². The first-order valence-electron chi connectivity index (χ1n) is 4.18. The second-order valence-electron chi connectivity index (χ2n) is 2.37. The summed E-state index contributed by atoms with van der Waals surface area (Å²) in [5, 5.41) is 3.68. The molecule has 0 atom stereocenters. The summed E-state index contributed by atoms with van der Waals surface area (Å²) in [6.45, 7) is 2.06. The van der Waals surface area contributed by atoms with Gasteiger partial charge in [0.15, 0.2) is 0 Å². The standard InChI is InChI=1S/C9H11N3O2/c1-2-14-9(13)12-11-7-8-3-5-10-6-4-8/h3-7H,2H2,1H3,(H,12,13). The minimum absolute atomic E-state index is 0.330. The highest BCUT2D eigenvalue weighted by atomic mass is 16.5. The van der Waals surface area contributed by atoms with Crippen LogP contribution in [0.3, 0.4) is 0 Å². The van der Waals surface area contributed by atoms with Gasteiger partial charge in [-0.05, 0) is 24.6 Å². The summed E-state index contributed by atoms with van der Waals surface area (Å²) >= 11 is 0. The van der Waals surface area contributed by atoms with E-state index in [0.717, 1.165) is 5.56 Å². The zero-order chi connectivity index (χ0) is 10.2. The molecule has 14 heavy (non-hydrogen) atoms. The Morgan fingerprint density at radius 2 is 2.36 bits per heavy atom. The fourth-order valence-electron chi connectivity index (χ4n) is 0.772. The van der Waals surface area contributed by atoms with Crippen molar-refractivity contribution in [2.24, 2.45) is 5.10 Å². The molecule has 1 heterocycles. The smallest absolute Gasteiger partial charge is 0.427 e. The second kappa shape index (κ2) is 5.69. The van der Waals surface area contributed by atoms with Crippen molar-refractivity contribution in [3.63, 3.8) is 0 Å². The van der Waals surface area contributed by atoms with Crippen molar-refractivity contribution >= 4 is 12.3 Å². The largest absolute Gasteiger partial charge is 0.449 e. The molecule has 1 aromatic rings. The van der Waals surface area contributed by atoms with Crippen molar-refractivity contribution < 1.29 is 9.53 Å². The summed E-state index contributed by atoms with van der Waals surface area (Å²) in [7, 11) is 0. The number of carbonyl (C=O) groups is 1. The number of ether oxygens (including phenoxy) is 1. The van der Waals surface area contributed by atoms with Gasteiger partial charge in [-0.2, -0.15) is 5.10 Å². The Hall–Kier alpha value is -1.91. The van der Waals surface area contributed by atoms with Gasteiger partial charge >= 0.3 is 6.09 Å². The van der Waals surface area contributed by atoms with Crippen LogP contribution in [0.25, 0.3) is 0 Å². The maximum absolute atomic E-state index is 10.8. The van der Waals surface area contributed by atoms with Gasteiger partial charge in [0.2, 0.25) is 0 Å². The third kappa shape index (κ3) is 3.66. The molecule has 0 bridgehead atoms. The summed E-state index contributed by atoms with van der Waals surface area (Å²) in [5.41, 5.74) is 3.08. The summed E-state index contributed by atoms with van der Waals surface area (Å²) in [6.07, 6.45) is 4.24. The van der Waals surface area contributed by atoms with E-state index in [4.69, 9.17) is 0 Å². The second-order valence-corrected chi connectivity index (χ2v) is 2.37. The zero-order valence-electron chi connectivity index (χ0n) is 7.80. The number of nitrogens with zero attached hydrogens (tertiary/aromatic N) is 2. The highest BCUT2D eigenvalue weighted by Crippen LogP contribution is 1.90. The molecule has 0 radical (unpaired) electrons. The van der Waals surface area contributed by atoms with Gasteiger partial charge in [0, 0.05) is 12.4 Å². The molecule has 1 aromatic heterocycles. The number of rotatable bonds is 3. The summed E-state index contributed by atoms with van der Waals surface area (Å²) in [6, 6.07) is 3.55. The molecular weight excluding hydrogens is 182 g/mol. The molecule has 0 spiro atoms. The molecule has 0 saturated carbocycles. The molecule has 0 aromatic carbocycles. The normalized spacial score (nSPS) is 10.1. The van der Waals surface area contributed by atoms with Crippen molar-refractivity contribution in [3.05, 3.63) is 30.1 Å². The lowest BCUT2D eigenvalue weighted by molar-refractivity contribution is 0.152. The van der Waals surface area contributed by atoms with Crippen molar-refractivity contribution in [1.82, 2.24) is 10.4 Å². The third-order valence-electron chi connectivity index (χ3n) is 1.35. The van der Waals surface area contributed by atoms with E-state index >= 15 is 0 Å². The summed E-state index contributed by atoms with van der Waals surface area (Å²) in [5.74, 6) is 0. The Bertz CT molecular complexity index is 311. The van der Waals surface area contributed by atoms with Crippen LogP contribution in [0.5, 0.6) is 0 Å². The Balaban J connectivity index is 2.38. The van der Waals surface area contributed by atoms with E-state index < -0.39 is 6.09 Å². The predicted octanol–water partition coefficient (Wildman–Crippen LogP) is 1.16. The maximum atomic E-state index is 10.8. The molecule has 0 fully saturated rings. The lowest BCUT2D eigenvalue weighted by Gasteiger charge is -1.98. The fourth-order valence-corrected chi connectivity index (χ4v) is 0.772.